The number of ether oxygens (including phenoxy) is 1. The van der Waals surface area contributed by atoms with Gasteiger partial charge in [0.25, 0.3) is 0 Å². The number of amides is 2. The Morgan fingerprint density at radius 3 is 2.35 bits per heavy atom. The van der Waals surface area contributed by atoms with Crippen LogP contribution < -0.4 is 4.74 Å². The number of nitrogens with zero attached hydrogens (tertiary/aromatic N) is 3. The second-order valence-corrected chi connectivity index (χ2v) is 7.60. The lowest BCUT2D eigenvalue weighted by molar-refractivity contribution is 0.120. The smallest absolute Gasteiger partial charge is 0.319 e. The molecule has 1 saturated heterocycles. The fourth-order valence-corrected chi connectivity index (χ4v) is 3.77. The fourth-order valence-electron chi connectivity index (χ4n) is 3.77. The molecule has 0 radical (unpaired) electrons. The Labute approximate surface area is 158 Å². The van der Waals surface area contributed by atoms with Crippen LogP contribution in [-0.4, -0.2) is 74.2 Å². The lowest BCUT2D eigenvalue weighted by Gasteiger charge is -2.37. The summed E-state index contributed by atoms with van der Waals surface area (Å²) < 4.78 is 5.24. The molecule has 5 heteroatoms. The van der Waals surface area contributed by atoms with E-state index in [1.165, 1.54) is 5.56 Å². The van der Waals surface area contributed by atoms with E-state index in [1.54, 1.807) is 12.0 Å². The number of rotatable bonds is 7. The summed E-state index contributed by atoms with van der Waals surface area (Å²) in [6.07, 6.45) is 3.26. The number of urea groups is 1. The largest absolute Gasteiger partial charge is 0.497 e. The predicted molar refractivity (Wildman–Crippen MR) is 107 cm³/mol. The summed E-state index contributed by atoms with van der Waals surface area (Å²) in [5, 5.41) is 0. The monoisotopic (exact) mass is 361 g/mol. The van der Waals surface area contributed by atoms with E-state index in [9.17, 15) is 4.79 Å². The fraction of sp³-hybridized carbons (Fsp3) is 0.667. The van der Waals surface area contributed by atoms with Crippen molar-refractivity contribution in [2.75, 3.05) is 47.4 Å². The lowest BCUT2D eigenvalue weighted by Crippen LogP contribution is -2.46. The summed E-state index contributed by atoms with van der Waals surface area (Å²) in [5.74, 6) is 1.59. The zero-order valence-electron chi connectivity index (χ0n) is 17.1. The standard InChI is InChI=1S/C21H35N3O2/c1-6-23(17(2)15-18-7-9-20(26-5)10-8-18)16-19-11-13-24(14-12-19)21(25)22(3)4/h7-10,17,19H,6,11-16H2,1-5H3. The summed E-state index contributed by atoms with van der Waals surface area (Å²) in [6, 6.07) is 9.05. The van der Waals surface area contributed by atoms with Gasteiger partial charge in [0.2, 0.25) is 0 Å². The van der Waals surface area contributed by atoms with Crippen molar-refractivity contribution in [3.63, 3.8) is 0 Å². The number of hydrogen-bond acceptors (Lipinski definition) is 3. The van der Waals surface area contributed by atoms with Crippen LogP contribution in [0, 0.1) is 5.92 Å². The maximum atomic E-state index is 12.1. The highest BCUT2D eigenvalue weighted by Crippen LogP contribution is 2.21. The number of likely N-dealkylation sites (tertiary alicyclic amines) is 1. The van der Waals surface area contributed by atoms with E-state index >= 15 is 0 Å². The summed E-state index contributed by atoms with van der Waals surface area (Å²) in [5.41, 5.74) is 1.35. The molecular formula is C21H35N3O2. The van der Waals surface area contributed by atoms with E-state index in [4.69, 9.17) is 4.74 Å². The summed E-state index contributed by atoms with van der Waals surface area (Å²) >= 11 is 0. The van der Waals surface area contributed by atoms with Crippen LogP contribution in [0.3, 0.4) is 0 Å². The minimum Gasteiger partial charge on any atom is -0.497 e. The number of hydrogen-bond donors (Lipinski definition) is 0. The zero-order chi connectivity index (χ0) is 19.1. The van der Waals surface area contributed by atoms with E-state index in [2.05, 4.69) is 30.9 Å². The van der Waals surface area contributed by atoms with Crippen molar-refractivity contribution in [1.82, 2.24) is 14.7 Å². The van der Waals surface area contributed by atoms with Crippen LogP contribution in [0.1, 0.15) is 32.3 Å². The van der Waals surface area contributed by atoms with Crippen LogP contribution in [-0.2, 0) is 6.42 Å². The molecule has 0 saturated carbocycles. The molecule has 0 spiro atoms. The normalized spacial score (nSPS) is 16.6. The van der Waals surface area contributed by atoms with Crippen molar-refractivity contribution in [2.24, 2.45) is 5.92 Å². The van der Waals surface area contributed by atoms with Gasteiger partial charge in [0.15, 0.2) is 0 Å². The maximum absolute atomic E-state index is 12.1. The Balaban J connectivity index is 1.83. The molecule has 1 aliphatic rings. The first-order chi connectivity index (χ1) is 12.4. The second kappa shape index (κ2) is 9.81. The van der Waals surface area contributed by atoms with Crippen LogP contribution in [0.2, 0.25) is 0 Å². The number of benzene rings is 1. The Morgan fingerprint density at radius 2 is 1.85 bits per heavy atom. The van der Waals surface area contributed by atoms with Crippen molar-refractivity contribution in [1.29, 1.82) is 0 Å². The van der Waals surface area contributed by atoms with E-state index in [0.29, 0.717) is 12.0 Å². The zero-order valence-corrected chi connectivity index (χ0v) is 17.1. The van der Waals surface area contributed by atoms with Gasteiger partial charge in [0.1, 0.15) is 5.75 Å². The predicted octanol–water partition coefficient (Wildman–Crippen LogP) is 3.34. The van der Waals surface area contributed by atoms with E-state index in [-0.39, 0.29) is 6.03 Å². The molecule has 0 aliphatic carbocycles. The third-order valence-corrected chi connectivity index (χ3v) is 5.48. The first kappa shape index (κ1) is 20.6. The average molecular weight is 362 g/mol. The van der Waals surface area contributed by atoms with Gasteiger partial charge in [0, 0.05) is 39.8 Å². The molecule has 1 aliphatic heterocycles. The number of carbonyl (C=O) groups is 1. The Morgan fingerprint density at radius 1 is 1.23 bits per heavy atom. The maximum Gasteiger partial charge on any atom is 0.319 e. The van der Waals surface area contributed by atoms with Gasteiger partial charge in [-0.25, -0.2) is 4.79 Å². The highest BCUT2D eigenvalue weighted by molar-refractivity contribution is 5.73. The van der Waals surface area contributed by atoms with Crippen molar-refractivity contribution in [3.8, 4) is 5.75 Å². The molecule has 1 fully saturated rings. The van der Waals surface area contributed by atoms with Crippen molar-refractivity contribution < 1.29 is 9.53 Å². The lowest BCUT2D eigenvalue weighted by atomic mass is 9.95. The van der Waals surface area contributed by atoms with Gasteiger partial charge >= 0.3 is 6.03 Å². The van der Waals surface area contributed by atoms with Crippen LogP contribution in [0.5, 0.6) is 5.75 Å². The first-order valence-electron chi connectivity index (χ1n) is 9.77. The van der Waals surface area contributed by atoms with Crippen molar-refractivity contribution in [3.05, 3.63) is 29.8 Å². The SMILES string of the molecule is CCN(CC1CCN(C(=O)N(C)C)CC1)C(C)Cc1ccc(OC)cc1. The molecule has 146 valence electrons. The van der Waals surface area contributed by atoms with Crippen LogP contribution in [0.25, 0.3) is 0 Å². The average Bonchev–Trinajstić information content (AvgIpc) is 2.66. The van der Waals surface area contributed by atoms with Gasteiger partial charge in [-0.2, -0.15) is 0 Å². The topological polar surface area (TPSA) is 36.0 Å². The molecule has 26 heavy (non-hydrogen) atoms. The summed E-state index contributed by atoms with van der Waals surface area (Å²) in [4.78, 5) is 18.3. The molecule has 1 aromatic rings. The van der Waals surface area contributed by atoms with E-state index in [1.807, 2.05) is 31.1 Å². The quantitative estimate of drug-likeness (QED) is 0.747. The third-order valence-electron chi connectivity index (χ3n) is 5.48. The Bertz CT molecular complexity index is 551. The molecule has 1 unspecified atom stereocenters. The summed E-state index contributed by atoms with van der Waals surface area (Å²) in [6.45, 7) is 8.51. The molecule has 1 atom stereocenters. The number of piperidine rings is 1. The van der Waals surface area contributed by atoms with Gasteiger partial charge < -0.3 is 19.4 Å². The number of carbonyl (C=O) groups excluding carboxylic acids is 1. The Kier molecular flexibility index (Phi) is 7.76. The molecule has 2 rings (SSSR count). The van der Waals surface area contributed by atoms with Crippen LogP contribution >= 0.6 is 0 Å². The first-order valence-corrected chi connectivity index (χ1v) is 9.77. The molecule has 0 N–H and O–H groups in total. The van der Waals surface area contributed by atoms with Crippen LogP contribution in [0.15, 0.2) is 24.3 Å². The van der Waals surface area contributed by atoms with Gasteiger partial charge in [-0.1, -0.05) is 19.1 Å². The third kappa shape index (κ3) is 5.63. The highest BCUT2D eigenvalue weighted by atomic mass is 16.5. The van der Waals surface area contributed by atoms with Crippen LogP contribution in [0.4, 0.5) is 4.79 Å². The molecule has 2 amide bonds. The van der Waals surface area contributed by atoms with Crippen molar-refractivity contribution in [2.45, 2.75) is 39.2 Å². The van der Waals surface area contributed by atoms with E-state index < -0.39 is 0 Å². The number of likely N-dealkylation sites (N-methyl/N-ethyl adjacent to an activating group) is 1. The second-order valence-electron chi connectivity index (χ2n) is 7.60. The van der Waals surface area contributed by atoms with Gasteiger partial charge in [-0.3, -0.25) is 0 Å². The highest BCUT2D eigenvalue weighted by Gasteiger charge is 2.26. The molecule has 1 aromatic carbocycles. The molecular weight excluding hydrogens is 326 g/mol. The van der Waals surface area contributed by atoms with Gasteiger partial charge in [-0.05, 0) is 56.3 Å². The molecule has 1 heterocycles. The van der Waals surface area contributed by atoms with Gasteiger partial charge in [0.05, 0.1) is 7.11 Å². The minimum atomic E-state index is 0.142. The molecule has 5 nitrogen and oxygen atoms in total. The van der Waals surface area contributed by atoms with E-state index in [0.717, 1.165) is 51.2 Å². The van der Waals surface area contributed by atoms with Gasteiger partial charge in [-0.15, -0.1) is 0 Å². The molecule has 0 bridgehead atoms. The summed E-state index contributed by atoms with van der Waals surface area (Å²) in [7, 11) is 5.36. The van der Waals surface area contributed by atoms with Crippen molar-refractivity contribution >= 4 is 6.03 Å². The Hall–Kier alpha value is -1.75. The minimum absolute atomic E-state index is 0.142. The number of methoxy groups -OCH3 is 1. The molecule has 0 aromatic heterocycles.